The summed E-state index contributed by atoms with van der Waals surface area (Å²) in [6.45, 7) is 2.29. The molecule has 0 aliphatic carbocycles. The first-order valence-electron chi connectivity index (χ1n) is 11.3. The molecule has 0 aromatic carbocycles. The van der Waals surface area contributed by atoms with Crippen molar-refractivity contribution in [1.29, 1.82) is 0 Å². The Morgan fingerprint density at radius 1 is 0.692 bits per heavy atom. The van der Waals surface area contributed by atoms with Gasteiger partial charge in [-0.15, -0.1) is 11.3 Å². The molecule has 0 amide bonds. The molecule has 2 nitrogen and oxygen atoms in total. The standard InChI is InChI=1S/C23H40N2S/c1-2-3-4-5-6-7-8-9-10-11-12-13-14-15-16-17-18-23-24-21-19-26-20-22(21)25-23/h19-20H,2-18H2,1H3,(H,24,25). The summed E-state index contributed by atoms with van der Waals surface area (Å²) in [5.74, 6) is 1.17. The zero-order valence-corrected chi connectivity index (χ0v) is 17.8. The molecule has 0 aliphatic heterocycles. The van der Waals surface area contributed by atoms with Crippen molar-refractivity contribution < 1.29 is 0 Å². The number of aryl methyl sites for hydroxylation is 1. The Bertz CT molecular complexity index is 529. The van der Waals surface area contributed by atoms with Crippen LogP contribution in [0.25, 0.3) is 11.0 Å². The van der Waals surface area contributed by atoms with Crippen molar-refractivity contribution in [1.82, 2.24) is 9.97 Å². The molecule has 0 radical (unpaired) electrons. The van der Waals surface area contributed by atoms with Crippen LogP contribution in [0.4, 0.5) is 0 Å². The average molecular weight is 377 g/mol. The molecule has 0 atom stereocenters. The Morgan fingerprint density at radius 3 is 1.69 bits per heavy atom. The van der Waals surface area contributed by atoms with Crippen molar-refractivity contribution in [2.75, 3.05) is 0 Å². The molecule has 0 aliphatic rings. The second-order valence-electron chi connectivity index (χ2n) is 7.91. The first-order chi connectivity index (χ1) is 12.9. The van der Waals surface area contributed by atoms with Crippen LogP contribution in [0.3, 0.4) is 0 Å². The lowest BCUT2D eigenvalue weighted by Crippen LogP contribution is -1.89. The van der Waals surface area contributed by atoms with Crippen LogP contribution in [-0.2, 0) is 6.42 Å². The van der Waals surface area contributed by atoms with Crippen LogP contribution in [0.1, 0.15) is 115 Å². The maximum atomic E-state index is 4.63. The van der Waals surface area contributed by atoms with E-state index < -0.39 is 0 Å². The molecular weight excluding hydrogens is 336 g/mol. The van der Waals surface area contributed by atoms with E-state index in [1.807, 2.05) is 0 Å². The normalized spacial score (nSPS) is 11.6. The van der Waals surface area contributed by atoms with Crippen LogP contribution >= 0.6 is 11.3 Å². The van der Waals surface area contributed by atoms with Gasteiger partial charge in [0.1, 0.15) is 5.82 Å². The highest BCUT2D eigenvalue weighted by Crippen LogP contribution is 2.18. The summed E-state index contributed by atoms with van der Waals surface area (Å²) in [6.07, 6.45) is 23.9. The second-order valence-corrected chi connectivity index (χ2v) is 8.65. The van der Waals surface area contributed by atoms with Crippen molar-refractivity contribution in [3.05, 3.63) is 16.6 Å². The minimum absolute atomic E-state index is 1.11. The summed E-state index contributed by atoms with van der Waals surface area (Å²) >= 11 is 1.72. The maximum absolute atomic E-state index is 4.63. The average Bonchev–Trinajstić information content (AvgIpc) is 3.23. The zero-order valence-electron chi connectivity index (χ0n) is 17.0. The van der Waals surface area contributed by atoms with E-state index >= 15 is 0 Å². The van der Waals surface area contributed by atoms with E-state index in [0.29, 0.717) is 0 Å². The predicted molar refractivity (Wildman–Crippen MR) is 117 cm³/mol. The zero-order chi connectivity index (χ0) is 18.3. The lowest BCUT2D eigenvalue weighted by atomic mass is 10.0. The maximum Gasteiger partial charge on any atom is 0.107 e. The Hall–Kier alpha value is -0.830. The summed E-state index contributed by atoms with van der Waals surface area (Å²) < 4.78 is 0. The number of hydrogen-bond acceptors (Lipinski definition) is 2. The number of hydrogen-bond donors (Lipinski definition) is 1. The van der Waals surface area contributed by atoms with Crippen molar-refractivity contribution in [2.45, 2.75) is 116 Å². The van der Waals surface area contributed by atoms with Gasteiger partial charge in [0.15, 0.2) is 0 Å². The third kappa shape index (κ3) is 9.21. The molecule has 26 heavy (non-hydrogen) atoms. The molecule has 0 fully saturated rings. The van der Waals surface area contributed by atoms with Gasteiger partial charge < -0.3 is 4.98 Å². The van der Waals surface area contributed by atoms with Crippen LogP contribution in [0, 0.1) is 0 Å². The van der Waals surface area contributed by atoms with Crippen LogP contribution in [-0.4, -0.2) is 9.97 Å². The van der Waals surface area contributed by atoms with E-state index in [1.54, 1.807) is 11.3 Å². The van der Waals surface area contributed by atoms with Gasteiger partial charge in [-0.2, -0.15) is 0 Å². The fourth-order valence-corrected chi connectivity index (χ4v) is 4.45. The summed E-state index contributed by atoms with van der Waals surface area (Å²) in [7, 11) is 0. The van der Waals surface area contributed by atoms with Crippen LogP contribution in [0.2, 0.25) is 0 Å². The Morgan fingerprint density at radius 2 is 1.19 bits per heavy atom. The number of fused-ring (bicyclic) bond motifs is 1. The van der Waals surface area contributed by atoms with Gasteiger partial charge in [0.05, 0.1) is 11.0 Å². The first-order valence-corrected chi connectivity index (χ1v) is 12.2. The molecule has 2 aromatic heterocycles. The van der Waals surface area contributed by atoms with Gasteiger partial charge in [0.25, 0.3) is 0 Å². The van der Waals surface area contributed by atoms with Crippen molar-refractivity contribution in [2.24, 2.45) is 0 Å². The Kier molecular flexibility index (Phi) is 11.8. The second kappa shape index (κ2) is 14.3. The van der Waals surface area contributed by atoms with Crippen molar-refractivity contribution >= 4 is 22.4 Å². The summed E-state index contributed by atoms with van der Waals surface area (Å²) in [5, 5.41) is 4.28. The number of aromatic amines is 1. The summed E-state index contributed by atoms with van der Waals surface area (Å²) in [6, 6.07) is 0. The fraction of sp³-hybridized carbons (Fsp3) is 0.783. The van der Waals surface area contributed by atoms with Gasteiger partial charge in [-0.1, -0.05) is 103 Å². The molecule has 0 spiro atoms. The lowest BCUT2D eigenvalue weighted by molar-refractivity contribution is 0.529. The Labute approximate surface area is 165 Å². The molecule has 2 heterocycles. The van der Waals surface area contributed by atoms with E-state index in [9.17, 15) is 0 Å². The topological polar surface area (TPSA) is 28.7 Å². The minimum Gasteiger partial charge on any atom is -0.341 e. The number of rotatable bonds is 17. The number of unbranched alkanes of at least 4 members (excludes halogenated alkanes) is 15. The van der Waals surface area contributed by atoms with Gasteiger partial charge in [-0.25, -0.2) is 4.98 Å². The summed E-state index contributed by atoms with van der Waals surface area (Å²) in [5.41, 5.74) is 2.35. The lowest BCUT2D eigenvalue weighted by Gasteiger charge is -2.03. The van der Waals surface area contributed by atoms with Crippen molar-refractivity contribution in [3.63, 3.8) is 0 Å². The monoisotopic (exact) mass is 376 g/mol. The Balaban J connectivity index is 1.29. The number of aromatic nitrogens is 2. The van der Waals surface area contributed by atoms with E-state index in [2.05, 4.69) is 27.7 Å². The third-order valence-electron chi connectivity index (χ3n) is 5.44. The van der Waals surface area contributed by atoms with Gasteiger partial charge in [-0.3, -0.25) is 0 Å². The van der Waals surface area contributed by atoms with Crippen LogP contribution < -0.4 is 0 Å². The molecule has 1 N–H and O–H groups in total. The van der Waals surface area contributed by atoms with Gasteiger partial charge in [-0.05, 0) is 6.42 Å². The number of H-pyrrole nitrogens is 1. The third-order valence-corrected chi connectivity index (χ3v) is 6.17. The molecule has 3 heteroatoms. The fourth-order valence-electron chi connectivity index (χ4n) is 3.76. The molecular formula is C23H40N2S. The first kappa shape index (κ1) is 21.5. The molecule has 148 valence electrons. The smallest absolute Gasteiger partial charge is 0.107 e. The summed E-state index contributed by atoms with van der Waals surface area (Å²) in [4.78, 5) is 8.06. The molecule has 2 aromatic rings. The van der Waals surface area contributed by atoms with Crippen LogP contribution in [0.15, 0.2) is 10.8 Å². The number of nitrogens with one attached hydrogen (secondary N) is 1. The molecule has 0 saturated heterocycles. The minimum atomic E-state index is 1.11. The van der Waals surface area contributed by atoms with Gasteiger partial charge in [0, 0.05) is 17.2 Å². The van der Waals surface area contributed by atoms with E-state index in [4.69, 9.17) is 0 Å². The highest BCUT2D eigenvalue weighted by molar-refractivity contribution is 7.09. The quantitative estimate of drug-likeness (QED) is 0.276. The molecule has 0 bridgehead atoms. The van der Waals surface area contributed by atoms with Gasteiger partial charge in [0.2, 0.25) is 0 Å². The van der Waals surface area contributed by atoms with E-state index in [-0.39, 0.29) is 0 Å². The number of nitrogens with zero attached hydrogens (tertiary/aromatic N) is 1. The molecule has 0 unspecified atom stereocenters. The highest BCUT2D eigenvalue weighted by Gasteiger charge is 2.02. The van der Waals surface area contributed by atoms with E-state index in [0.717, 1.165) is 11.9 Å². The molecule has 0 saturated carbocycles. The number of imidazole rings is 1. The van der Waals surface area contributed by atoms with Gasteiger partial charge >= 0.3 is 0 Å². The highest BCUT2D eigenvalue weighted by atomic mass is 32.1. The predicted octanol–water partition coefficient (Wildman–Crippen LogP) is 8.43. The largest absolute Gasteiger partial charge is 0.341 e. The van der Waals surface area contributed by atoms with Crippen molar-refractivity contribution in [3.8, 4) is 0 Å². The molecule has 2 rings (SSSR count). The number of thiophene rings is 1. The SMILES string of the molecule is CCCCCCCCCCCCCCCCCCc1nc2cscc2[nH]1. The van der Waals surface area contributed by atoms with E-state index in [1.165, 1.54) is 114 Å². The van der Waals surface area contributed by atoms with Crippen LogP contribution in [0.5, 0.6) is 0 Å².